The summed E-state index contributed by atoms with van der Waals surface area (Å²) in [5, 5.41) is 0. The predicted molar refractivity (Wildman–Crippen MR) is 72.0 cm³/mol. The first-order valence-corrected chi connectivity index (χ1v) is 6.63. The zero-order chi connectivity index (χ0) is 12.9. The van der Waals surface area contributed by atoms with E-state index in [4.69, 9.17) is 0 Å². The monoisotopic (exact) mass is 236 g/mol. The summed E-state index contributed by atoms with van der Waals surface area (Å²) < 4.78 is 0. The molecule has 0 fully saturated rings. The molecule has 0 amide bonds. The van der Waals surface area contributed by atoms with Crippen molar-refractivity contribution in [2.24, 2.45) is 0 Å². The topological polar surface area (TPSA) is 34.1 Å². The summed E-state index contributed by atoms with van der Waals surface area (Å²) >= 11 is 0. The minimum absolute atomic E-state index is 0.408. The second kappa shape index (κ2) is 11.3. The van der Waals surface area contributed by atoms with E-state index in [9.17, 15) is 9.59 Å². The minimum atomic E-state index is -0.409. The molecule has 0 aromatic rings. The molecule has 0 spiro atoms. The lowest BCUT2D eigenvalue weighted by atomic mass is 10.1. The van der Waals surface area contributed by atoms with Gasteiger partial charge in [-0.3, -0.25) is 9.59 Å². The number of unbranched alkanes of at least 4 members (excludes halogenated alkanes) is 5. The molecule has 2 nitrogen and oxygen atoms in total. The van der Waals surface area contributed by atoms with Gasteiger partial charge in [0.05, 0.1) is 0 Å². The normalized spacial score (nSPS) is 11.4. The molecular formula is C15H24O2. The highest BCUT2D eigenvalue weighted by Crippen LogP contribution is 2.00. The van der Waals surface area contributed by atoms with Gasteiger partial charge in [-0.1, -0.05) is 51.7 Å². The summed E-state index contributed by atoms with van der Waals surface area (Å²) in [6.07, 6.45) is 13.7. The van der Waals surface area contributed by atoms with Gasteiger partial charge in [-0.05, 0) is 31.4 Å². The number of ketones is 2. The number of hydrogen-bond acceptors (Lipinski definition) is 2. The number of allylic oxidation sites excluding steroid dienone is 4. The molecule has 0 rings (SSSR count). The summed E-state index contributed by atoms with van der Waals surface area (Å²) in [6.45, 7) is 4.24. The lowest BCUT2D eigenvalue weighted by Crippen LogP contribution is -2.06. The van der Waals surface area contributed by atoms with Crippen LogP contribution in [0.4, 0.5) is 0 Å². The Bertz CT molecular complexity index is 275. The molecule has 96 valence electrons. The summed E-state index contributed by atoms with van der Waals surface area (Å²) in [5.41, 5.74) is 0. The van der Waals surface area contributed by atoms with Crippen LogP contribution in [0.3, 0.4) is 0 Å². The van der Waals surface area contributed by atoms with Gasteiger partial charge in [0.25, 0.3) is 0 Å². The quantitative estimate of drug-likeness (QED) is 0.326. The molecule has 0 saturated carbocycles. The maximum atomic E-state index is 11.4. The zero-order valence-corrected chi connectivity index (χ0v) is 11.1. The molecule has 0 unspecified atom stereocenters. The summed E-state index contributed by atoms with van der Waals surface area (Å²) in [6, 6.07) is 0. The molecule has 0 aromatic heterocycles. The Balaban J connectivity index is 3.81. The Morgan fingerprint density at radius 1 is 0.765 bits per heavy atom. The molecule has 0 radical (unpaired) electrons. The van der Waals surface area contributed by atoms with Crippen LogP contribution in [0.25, 0.3) is 0 Å². The SMILES string of the molecule is CCCCC=CC(=O)C(=O)C=CCCCCC. The van der Waals surface area contributed by atoms with E-state index in [1.54, 1.807) is 12.2 Å². The van der Waals surface area contributed by atoms with E-state index in [2.05, 4.69) is 13.8 Å². The third-order valence-corrected chi connectivity index (χ3v) is 2.48. The molecule has 2 heteroatoms. The predicted octanol–water partition coefficient (Wildman–Crippen LogP) is 4.01. The molecular weight excluding hydrogens is 212 g/mol. The van der Waals surface area contributed by atoms with Crippen LogP contribution in [0.5, 0.6) is 0 Å². The summed E-state index contributed by atoms with van der Waals surface area (Å²) in [4.78, 5) is 22.7. The van der Waals surface area contributed by atoms with Gasteiger partial charge in [0, 0.05) is 0 Å². The number of rotatable bonds is 10. The highest BCUT2D eigenvalue weighted by molar-refractivity contribution is 6.45. The Morgan fingerprint density at radius 2 is 1.24 bits per heavy atom. The fraction of sp³-hybridized carbons (Fsp3) is 0.600. The highest BCUT2D eigenvalue weighted by Gasteiger charge is 2.04. The van der Waals surface area contributed by atoms with Crippen molar-refractivity contribution in [3.63, 3.8) is 0 Å². The maximum absolute atomic E-state index is 11.4. The Labute approximate surface area is 105 Å². The molecule has 17 heavy (non-hydrogen) atoms. The molecule has 0 heterocycles. The van der Waals surface area contributed by atoms with Crippen LogP contribution in [0, 0.1) is 0 Å². The van der Waals surface area contributed by atoms with E-state index in [1.807, 2.05) is 0 Å². The highest BCUT2D eigenvalue weighted by atomic mass is 16.2. The number of hydrogen-bond donors (Lipinski definition) is 0. The van der Waals surface area contributed by atoms with E-state index >= 15 is 0 Å². The molecule has 0 saturated heterocycles. The lowest BCUT2D eigenvalue weighted by Gasteiger charge is -1.91. The smallest absolute Gasteiger partial charge is 0.225 e. The van der Waals surface area contributed by atoms with Crippen LogP contribution in [0.2, 0.25) is 0 Å². The second-order valence-electron chi connectivity index (χ2n) is 4.17. The van der Waals surface area contributed by atoms with Crippen molar-refractivity contribution < 1.29 is 9.59 Å². The molecule has 0 aliphatic heterocycles. The van der Waals surface area contributed by atoms with Crippen LogP contribution < -0.4 is 0 Å². The second-order valence-corrected chi connectivity index (χ2v) is 4.17. The third-order valence-electron chi connectivity index (χ3n) is 2.48. The van der Waals surface area contributed by atoms with Gasteiger partial charge >= 0.3 is 0 Å². The van der Waals surface area contributed by atoms with Gasteiger partial charge in [0.15, 0.2) is 0 Å². The van der Waals surface area contributed by atoms with Crippen molar-refractivity contribution >= 4 is 11.6 Å². The third kappa shape index (κ3) is 9.73. The van der Waals surface area contributed by atoms with Crippen LogP contribution in [-0.4, -0.2) is 11.6 Å². The van der Waals surface area contributed by atoms with E-state index < -0.39 is 11.6 Å². The van der Waals surface area contributed by atoms with Crippen LogP contribution >= 0.6 is 0 Å². The molecule has 0 aliphatic rings. The van der Waals surface area contributed by atoms with Crippen molar-refractivity contribution in [3.05, 3.63) is 24.3 Å². The van der Waals surface area contributed by atoms with Gasteiger partial charge in [0.1, 0.15) is 0 Å². The standard InChI is InChI=1S/C15H24O2/c1-3-5-7-9-11-13-15(17)14(16)12-10-8-6-4-2/h10-13H,3-9H2,1-2H3. The first-order valence-electron chi connectivity index (χ1n) is 6.63. The van der Waals surface area contributed by atoms with E-state index in [-0.39, 0.29) is 0 Å². The number of carbonyl (C=O) groups excluding carboxylic acids is 2. The summed E-state index contributed by atoms with van der Waals surface area (Å²) in [7, 11) is 0. The fourth-order valence-corrected chi connectivity index (χ4v) is 1.38. The zero-order valence-electron chi connectivity index (χ0n) is 11.1. The largest absolute Gasteiger partial charge is 0.286 e. The Morgan fingerprint density at radius 3 is 1.71 bits per heavy atom. The van der Waals surface area contributed by atoms with Crippen molar-refractivity contribution in [2.75, 3.05) is 0 Å². The molecule has 0 bridgehead atoms. The van der Waals surface area contributed by atoms with E-state index in [0.717, 1.165) is 32.1 Å². The lowest BCUT2D eigenvalue weighted by molar-refractivity contribution is -0.130. The Hall–Kier alpha value is -1.18. The van der Waals surface area contributed by atoms with Gasteiger partial charge < -0.3 is 0 Å². The molecule has 0 atom stereocenters. The molecule has 0 aliphatic carbocycles. The van der Waals surface area contributed by atoms with Crippen molar-refractivity contribution in [1.29, 1.82) is 0 Å². The van der Waals surface area contributed by atoms with Crippen LogP contribution in [0.15, 0.2) is 24.3 Å². The van der Waals surface area contributed by atoms with Gasteiger partial charge in [-0.25, -0.2) is 0 Å². The van der Waals surface area contributed by atoms with Gasteiger partial charge in [-0.2, -0.15) is 0 Å². The first kappa shape index (κ1) is 15.8. The van der Waals surface area contributed by atoms with Crippen molar-refractivity contribution in [1.82, 2.24) is 0 Å². The van der Waals surface area contributed by atoms with Crippen molar-refractivity contribution in [2.45, 2.75) is 58.8 Å². The number of carbonyl (C=O) groups is 2. The van der Waals surface area contributed by atoms with E-state index in [1.165, 1.54) is 25.0 Å². The van der Waals surface area contributed by atoms with E-state index in [0.29, 0.717) is 0 Å². The fourth-order valence-electron chi connectivity index (χ4n) is 1.38. The molecule has 0 N–H and O–H groups in total. The first-order chi connectivity index (χ1) is 8.22. The average Bonchev–Trinajstić information content (AvgIpc) is 2.34. The van der Waals surface area contributed by atoms with Gasteiger partial charge in [-0.15, -0.1) is 0 Å². The van der Waals surface area contributed by atoms with Crippen LogP contribution in [-0.2, 0) is 9.59 Å². The summed E-state index contributed by atoms with van der Waals surface area (Å²) in [5.74, 6) is -0.818. The molecule has 0 aromatic carbocycles. The van der Waals surface area contributed by atoms with Crippen LogP contribution in [0.1, 0.15) is 58.8 Å². The minimum Gasteiger partial charge on any atom is -0.286 e. The van der Waals surface area contributed by atoms with Crippen molar-refractivity contribution in [3.8, 4) is 0 Å². The average molecular weight is 236 g/mol. The van der Waals surface area contributed by atoms with Gasteiger partial charge in [0.2, 0.25) is 11.6 Å². The maximum Gasteiger partial charge on any atom is 0.225 e. The Kier molecular flexibility index (Phi) is 10.5.